The van der Waals surface area contributed by atoms with Gasteiger partial charge in [0.2, 0.25) is 24.3 Å². The average Bonchev–Trinajstić information content (AvgIpc) is 3.26. The fourth-order valence-corrected chi connectivity index (χ4v) is 2.46. The van der Waals surface area contributed by atoms with Crippen molar-refractivity contribution < 1.29 is 18.3 Å². The largest absolute Gasteiger partial charge is 0.454 e. The van der Waals surface area contributed by atoms with Crippen LogP contribution in [0, 0.1) is 17.1 Å². The maximum Gasteiger partial charge on any atom is 0.232 e. The predicted octanol–water partition coefficient (Wildman–Crippen LogP) is 3.69. The van der Waals surface area contributed by atoms with E-state index in [1.807, 2.05) is 24.3 Å². The monoisotopic (exact) mass is 337 g/mol. The first-order valence-corrected chi connectivity index (χ1v) is 7.52. The Labute approximate surface area is 142 Å². The zero-order chi connectivity index (χ0) is 17.2. The van der Waals surface area contributed by atoms with Crippen LogP contribution in [0.4, 0.5) is 10.3 Å². The maximum atomic E-state index is 13.0. The minimum absolute atomic E-state index is 0.139. The van der Waals surface area contributed by atoms with Gasteiger partial charge in [-0.3, -0.25) is 0 Å². The molecule has 6 nitrogen and oxygen atoms in total. The number of halogens is 1. The first-order chi connectivity index (χ1) is 12.2. The molecule has 7 heteroatoms. The van der Waals surface area contributed by atoms with E-state index in [0.717, 1.165) is 5.56 Å². The highest BCUT2D eigenvalue weighted by atomic mass is 19.1. The lowest BCUT2D eigenvalue weighted by Gasteiger charge is -2.04. The third-order valence-electron chi connectivity index (χ3n) is 3.71. The molecule has 1 aliphatic heterocycles. The number of nitrogens with one attached hydrogen (secondary N) is 1. The van der Waals surface area contributed by atoms with Crippen molar-refractivity contribution >= 4 is 5.88 Å². The number of ether oxygens (including phenoxy) is 2. The van der Waals surface area contributed by atoms with E-state index >= 15 is 0 Å². The molecule has 0 amide bonds. The lowest BCUT2D eigenvalue weighted by Crippen LogP contribution is -1.99. The molecule has 2 aromatic carbocycles. The van der Waals surface area contributed by atoms with Gasteiger partial charge in [0.15, 0.2) is 11.5 Å². The smallest absolute Gasteiger partial charge is 0.232 e. The van der Waals surface area contributed by atoms with Gasteiger partial charge in [0.1, 0.15) is 11.9 Å². The second-order valence-corrected chi connectivity index (χ2v) is 5.36. The Morgan fingerprint density at radius 1 is 1.12 bits per heavy atom. The van der Waals surface area contributed by atoms with Gasteiger partial charge < -0.3 is 19.2 Å². The summed E-state index contributed by atoms with van der Waals surface area (Å²) in [5.41, 5.74) is 1.67. The molecule has 0 saturated heterocycles. The number of rotatable bonds is 4. The van der Waals surface area contributed by atoms with Gasteiger partial charge >= 0.3 is 0 Å². The minimum Gasteiger partial charge on any atom is -0.454 e. The quantitative estimate of drug-likeness (QED) is 0.782. The van der Waals surface area contributed by atoms with Crippen molar-refractivity contribution in [2.24, 2.45) is 0 Å². The molecule has 25 heavy (non-hydrogen) atoms. The van der Waals surface area contributed by atoms with E-state index in [9.17, 15) is 9.65 Å². The summed E-state index contributed by atoms with van der Waals surface area (Å²) in [6, 6.07) is 13.3. The molecule has 0 radical (unpaired) electrons. The summed E-state index contributed by atoms with van der Waals surface area (Å²) in [6.45, 7) is 0.636. The molecule has 1 N–H and O–H groups in total. The van der Waals surface area contributed by atoms with Crippen LogP contribution in [-0.4, -0.2) is 11.8 Å². The van der Waals surface area contributed by atoms with E-state index in [1.165, 1.54) is 12.1 Å². The molecule has 124 valence electrons. The Morgan fingerprint density at radius 2 is 1.92 bits per heavy atom. The maximum absolute atomic E-state index is 13.0. The zero-order valence-corrected chi connectivity index (χ0v) is 13.0. The number of oxazole rings is 1. The van der Waals surface area contributed by atoms with Crippen LogP contribution < -0.4 is 14.8 Å². The Kier molecular flexibility index (Phi) is 3.71. The summed E-state index contributed by atoms with van der Waals surface area (Å²) in [4.78, 5) is 4.14. The van der Waals surface area contributed by atoms with Crippen molar-refractivity contribution in [2.75, 3.05) is 12.1 Å². The highest BCUT2D eigenvalue weighted by Gasteiger charge is 2.16. The van der Waals surface area contributed by atoms with E-state index in [2.05, 4.69) is 10.3 Å². The molecule has 1 aliphatic rings. The van der Waals surface area contributed by atoms with Gasteiger partial charge in [-0.2, -0.15) is 10.2 Å². The molecule has 4 rings (SSSR count). The Balaban J connectivity index is 1.54. The van der Waals surface area contributed by atoms with Crippen molar-refractivity contribution in [3.05, 3.63) is 59.5 Å². The van der Waals surface area contributed by atoms with Crippen LogP contribution in [0.3, 0.4) is 0 Å². The van der Waals surface area contributed by atoms with Crippen LogP contribution in [0.15, 0.2) is 46.9 Å². The minimum atomic E-state index is -0.350. The summed E-state index contributed by atoms with van der Waals surface area (Å²) in [5, 5.41) is 12.3. The van der Waals surface area contributed by atoms with Gasteiger partial charge in [0, 0.05) is 12.1 Å². The molecule has 0 saturated carbocycles. The molecule has 3 aromatic rings. The van der Waals surface area contributed by atoms with Crippen LogP contribution in [0.2, 0.25) is 0 Å². The fourth-order valence-electron chi connectivity index (χ4n) is 2.46. The number of anilines is 1. The second-order valence-electron chi connectivity index (χ2n) is 5.36. The molecular formula is C18H12FN3O3. The third-order valence-corrected chi connectivity index (χ3v) is 3.71. The van der Waals surface area contributed by atoms with Crippen LogP contribution >= 0.6 is 0 Å². The van der Waals surface area contributed by atoms with E-state index in [1.54, 1.807) is 12.1 Å². The van der Waals surface area contributed by atoms with Crippen molar-refractivity contribution in [1.29, 1.82) is 5.26 Å². The van der Waals surface area contributed by atoms with E-state index in [0.29, 0.717) is 23.6 Å². The molecule has 0 spiro atoms. The van der Waals surface area contributed by atoms with Crippen molar-refractivity contribution in [3.63, 3.8) is 0 Å². The standard InChI is InChI=1S/C18H12FN3O3/c19-13-4-2-12(3-5-13)17-22-14(8-20)18(25-17)21-9-11-1-6-15-16(7-11)24-10-23-15/h1-7,21H,9-10H2. The first-order valence-electron chi connectivity index (χ1n) is 7.52. The number of hydrogen-bond acceptors (Lipinski definition) is 6. The lowest BCUT2D eigenvalue weighted by atomic mass is 10.2. The fraction of sp³-hybridized carbons (Fsp3) is 0.111. The number of aromatic nitrogens is 1. The predicted molar refractivity (Wildman–Crippen MR) is 86.5 cm³/mol. The van der Waals surface area contributed by atoms with Gasteiger partial charge in [-0.25, -0.2) is 4.39 Å². The van der Waals surface area contributed by atoms with Gasteiger partial charge in [0.05, 0.1) is 0 Å². The van der Waals surface area contributed by atoms with Crippen LogP contribution in [0.5, 0.6) is 11.5 Å². The second kappa shape index (κ2) is 6.17. The Bertz CT molecular complexity index is 961. The normalized spacial score (nSPS) is 12.0. The van der Waals surface area contributed by atoms with Crippen molar-refractivity contribution in [2.45, 2.75) is 6.54 Å². The summed E-state index contributed by atoms with van der Waals surface area (Å²) < 4.78 is 29.3. The highest BCUT2D eigenvalue weighted by Crippen LogP contribution is 2.33. The molecule has 0 bridgehead atoms. The molecule has 0 unspecified atom stereocenters. The lowest BCUT2D eigenvalue weighted by molar-refractivity contribution is 0.174. The zero-order valence-electron chi connectivity index (χ0n) is 13.0. The SMILES string of the molecule is N#Cc1nc(-c2ccc(F)cc2)oc1NCc1ccc2c(c1)OCO2. The van der Waals surface area contributed by atoms with Gasteiger partial charge in [-0.1, -0.05) is 6.07 Å². The summed E-state index contributed by atoms with van der Waals surface area (Å²) in [5.74, 6) is 1.56. The van der Waals surface area contributed by atoms with E-state index in [4.69, 9.17) is 13.9 Å². The summed E-state index contributed by atoms with van der Waals surface area (Å²) >= 11 is 0. The van der Waals surface area contributed by atoms with Crippen molar-refractivity contribution in [3.8, 4) is 29.0 Å². The number of nitrogens with zero attached hydrogens (tertiary/aromatic N) is 2. The van der Waals surface area contributed by atoms with Gasteiger partial charge in [0.25, 0.3) is 0 Å². The number of fused-ring (bicyclic) bond motifs is 1. The van der Waals surface area contributed by atoms with Crippen LogP contribution in [-0.2, 0) is 6.54 Å². The third kappa shape index (κ3) is 2.97. The Hall–Kier alpha value is -3.53. The first kappa shape index (κ1) is 15.0. The summed E-state index contributed by atoms with van der Waals surface area (Å²) in [7, 11) is 0. The molecular weight excluding hydrogens is 325 g/mol. The number of benzene rings is 2. The number of nitriles is 1. The molecule has 2 heterocycles. The average molecular weight is 337 g/mol. The molecule has 0 atom stereocenters. The van der Waals surface area contributed by atoms with Crippen LogP contribution in [0.1, 0.15) is 11.3 Å². The van der Waals surface area contributed by atoms with Crippen molar-refractivity contribution in [1.82, 2.24) is 4.98 Å². The molecule has 0 aliphatic carbocycles. The number of hydrogen-bond donors (Lipinski definition) is 1. The van der Waals surface area contributed by atoms with Crippen LogP contribution in [0.25, 0.3) is 11.5 Å². The van der Waals surface area contributed by atoms with E-state index in [-0.39, 0.29) is 30.1 Å². The molecule has 0 fully saturated rings. The highest BCUT2D eigenvalue weighted by molar-refractivity contribution is 5.59. The van der Waals surface area contributed by atoms with Gasteiger partial charge in [-0.05, 0) is 42.0 Å². The van der Waals surface area contributed by atoms with Gasteiger partial charge in [-0.15, -0.1) is 0 Å². The van der Waals surface area contributed by atoms with E-state index < -0.39 is 0 Å². The molecule has 1 aromatic heterocycles. The summed E-state index contributed by atoms with van der Waals surface area (Å²) in [6.07, 6.45) is 0. The Morgan fingerprint density at radius 3 is 2.72 bits per heavy atom. The topological polar surface area (TPSA) is 80.3 Å².